The number of rotatable bonds is 3. The number of benzene rings is 10. The smallest absolute Gasteiger partial charge is 0.143 e. The molecule has 10 aromatic carbocycles. The van der Waals surface area contributed by atoms with Crippen LogP contribution in [0.15, 0.2) is 182 Å². The van der Waals surface area contributed by atoms with E-state index in [0.717, 1.165) is 66.1 Å². The summed E-state index contributed by atoms with van der Waals surface area (Å²) in [7, 11) is 0. The van der Waals surface area contributed by atoms with E-state index < -0.39 is 36.3 Å². The maximum absolute atomic E-state index is 9.25. The molecular weight excluding hydrogens is 617 g/mol. The Hall–Kier alpha value is -6.70. The lowest BCUT2D eigenvalue weighted by Crippen LogP contribution is -1.99. The van der Waals surface area contributed by atoms with Crippen LogP contribution in [0.5, 0.6) is 11.5 Å². The van der Waals surface area contributed by atoms with Crippen molar-refractivity contribution < 1.29 is 18.4 Å². The van der Waals surface area contributed by atoms with Crippen molar-refractivity contribution in [3.63, 3.8) is 0 Å². The predicted molar refractivity (Wildman–Crippen MR) is 216 cm³/mol. The van der Waals surface area contributed by atoms with Crippen LogP contribution in [-0.2, 0) is 0 Å². The highest BCUT2D eigenvalue weighted by Gasteiger charge is 2.26. The first-order valence-electron chi connectivity index (χ1n) is 21.8. The highest BCUT2D eigenvalue weighted by molar-refractivity contribution is 6.30. The van der Waals surface area contributed by atoms with Crippen molar-refractivity contribution in [3.8, 4) is 56.0 Å². The Labute approximate surface area is 309 Å². The van der Waals surface area contributed by atoms with Gasteiger partial charge in [0, 0.05) is 16.3 Å². The van der Waals surface area contributed by atoms with Gasteiger partial charge in [0.05, 0.1) is 13.7 Å². The van der Waals surface area contributed by atoms with Gasteiger partial charge >= 0.3 is 0 Å². The molecule has 10 aromatic rings. The van der Waals surface area contributed by atoms with E-state index >= 15 is 0 Å². The molecule has 1 aliphatic rings. The van der Waals surface area contributed by atoms with Crippen LogP contribution < -0.4 is 4.74 Å². The van der Waals surface area contributed by atoms with E-state index in [0.29, 0.717) is 32.7 Å². The lowest BCUT2D eigenvalue weighted by molar-refractivity contribution is 0.493. The first-order valence-corrected chi connectivity index (χ1v) is 16.8. The van der Waals surface area contributed by atoms with Crippen LogP contribution in [0.2, 0.25) is 0 Å². The summed E-state index contributed by atoms with van der Waals surface area (Å²) in [4.78, 5) is 0. The van der Waals surface area contributed by atoms with Crippen LogP contribution in [0.4, 0.5) is 0 Å². The highest BCUT2D eigenvalue weighted by Crippen LogP contribution is 2.53. The fourth-order valence-electron chi connectivity index (χ4n) is 8.14. The van der Waals surface area contributed by atoms with Gasteiger partial charge in [0.2, 0.25) is 0 Å². The lowest BCUT2D eigenvalue weighted by atomic mass is 9.81. The Balaban J connectivity index is 1.31. The average Bonchev–Trinajstić information content (AvgIpc) is 3.29. The van der Waals surface area contributed by atoms with E-state index in [1.165, 1.54) is 0 Å². The largest absolute Gasteiger partial charge is 0.455 e. The summed E-state index contributed by atoms with van der Waals surface area (Å²) in [5, 5.41) is 7.92. The molecule has 0 aliphatic carbocycles. The van der Waals surface area contributed by atoms with Crippen molar-refractivity contribution in [1.82, 2.24) is 0 Å². The second kappa shape index (κ2) is 10.9. The molecule has 11 rings (SSSR count). The van der Waals surface area contributed by atoms with Gasteiger partial charge in [-0.3, -0.25) is 0 Å². The molecule has 0 radical (unpaired) electrons. The molecule has 0 bridgehead atoms. The topological polar surface area (TPSA) is 9.23 Å². The molecule has 0 aromatic heterocycles. The predicted octanol–water partition coefficient (Wildman–Crippen LogP) is 14.2. The van der Waals surface area contributed by atoms with Gasteiger partial charge in [-0.05, 0) is 100 Å². The summed E-state index contributed by atoms with van der Waals surface area (Å²) in [6.07, 6.45) is 0. The third-order valence-electron chi connectivity index (χ3n) is 10.2. The monoisotopic (exact) mass is 656 g/mol. The molecule has 0 atom stereocenters. The summed E-state index contributed by atoms with van der Waals surface area (Å²) in [6.45, 7) is 0. The van der Waals surface area contributed by atoms with Gasteiger partial charge in [0.25, 0.3) is 0 Å². The van der Waals surface area contributed by atoms with E-state index in [1.54, 1.807) is 12.1 Å². The maximum Gasteiger partial charge on any atom is 0.143 e. The molecule has 0 fully saturated rings. The molecule has 1 aliphatic heterocycles. The molecule has 0 saturated carbocycles. The number of hydrogen-bond donors (Lipinski definition) is 0. The molecule has 1 nitrogen and oxygen atoms in total. The van der Waals surface area contributed by atoms with Gasteiger partial charge in [-0.25, -0.2) is 0 Å². The van der Waals surface area contributed by atoms with E-state index in [-0.39, 0.29) is 35.3 Å². The summed E-state index contributed by atoms with van der Waals surface area (Å²) in [5.41, 5.74) is 4.66. The molecule has 0 amide bonds. The molecule has 0 spiro atoms. The van der Waals surface area contributed by atoms with Gasteiger partial charge in [-0.2, -0.15) is 0 Å². The third kappa shape index (κ3) is 4.09. The Kier molecular flexibility index (Phi) is 4.29. The minimum atomic E-state index is -0.502. The van der Waals surface area contributed by atoms with Crippen LogP contribution in [-0.4, -0.2) is 0 Å². The van der Waals surface area contributed by atoms with E-state index in [1.807, 2.05) is 66.7 Å². The highest BCUT2D eigenvalue weighted by atomic mass is 16.5. The van der Waals surface area contributed by atoms with Crippen LogP contribution in [0.25, 0.3) is 98.4 Å². The van der Waals surface area contributed by atoms with Gasteiger partial charge in [0.1, 0.15) is 11.5 Å². The molecule has 1 heterocycles. The van der Waals surface area contributed by atoms with Gasteiger partial charge < -0.3 is 4.74 Å². The van der Waals surface area contributed by atoms with Gasteiger partial charge in [0.15, 0.2) is 0 Å². The fourth-order valence-corrected chi connectivity index (χ4v) is 8.14. The first-order chi connectivity index (χ1) is 29.5. The fraction of sp³-hybridized carbons (Fsp3) is 0. The second-order valence-corrected chi connectivity index (χ2v) is 12.8. The molecule has 51 heavy (non-hydrogen) atoms. The Morgan fingerprint density at radius 1 is 0.353 bits per heavy atom. The molecule has 0 N–H and O–H groups in total. The van der Waals surface area contributed by atoms with E-state index in [9.17, 15) is 2.74 Å². The minimum absolute atomic E-state index is 0.0357. The lowest BCUT2D eigenvalue weighted by Gasteiger charge is -2.25. The molecule has 236 valence electrons. The third-order valence-corrected chi connectivity index (χ3v) is 10.2. The minimum Gasteiger partial charge on any atom is -0.455 e. The first kappa shape index (κ1) is 20.1. The SMILES string of the molecule is [2H]c1c([2H])c([2H])c(-c2cccc3c2ccc2c(-c4ccc5c6c(cccc46)-c4ccc6ccccc6c4O5)c4ccccc4c(-c4c([2H])c([2H])c([2H])c([2H])c4[2H])c23)c([2H])c1[2H]. The Morgan fingerprint density at radius 2 is 0.980 bits per heavy atom. The quantitative estimate of drug-likeness (QED) is 0.136. The van der Waals surface area contributed by atoms with E-state index in [2.05, 4.69) is 42.5 Å². The van der Waals surface area contributed by atoms with Crippen molar-refractivity contribution in [2.75, 3.05) is 0 Å². The molecular formula is C50H30O. The zero-order valence-corrected chi connectivity index (χ0v) is 27.0. The average molecular weight is 657 g/mol. The number of hydrogen-bond acceptors (Lipinski definition) is 1. The van der Waals surface area contributed by atoms with E-state index in [4.69, 9.17) is 15.7 Å². The Morgan fingerprint density at radius 3 is 1.78 bits per heavy atom. The summed E-state index contributed by atoms with van der Waals surface area (Å²) in [6, 6.07) is 35.3. The Bertz CT molecular complexity index is 3580. The standard InChI is InChI=1S/C50H30O/c1-3-13-31(14-4-1)34-21-11-22-37-36(34)27-28-44-47(39-20-10-9-19-38(39)46(49(37)44)33-16-5-2-6-17-33)42-29-30-45-48-40(42)23-12-24-41(48)43-26-25-32-15-7-8-18-35(32)50(43)51-45/h1-30H/i1D,2D,3D,4D,5D,6D,13D,14D,16D,17D. The van der Waals surface area contributed by atoms with Crippen LogP contribution in [0.1, 0.15) is 13.7 Å². The molecule has 0 unspecified atom stereocenters. The van der Waals surface area contributed by atoms with Crippen LogP contribution in [0.3, 0.4) is 0 Å². The maximum atomic E-state index is 9.25. The van der Waals surface area contributed by atoms with Gasteiger partial charge in [-0.15, -0.1) is 0 Å². The van der Waals surface area contributed by atoms with Gasteiger partial charge in [-0.1, -0.05) is 164 Å². The number of fused-ring (bicyclic) bond motifs is 8. The van der Waals surface area contributed by atoms with Crippen LogP contribution in [0, 0.1) is 0 Å². The second-order valence-electron chi connectivity index (χ2n) is 12.8. The zero-order chi connectivity index (χ0) is 42.2. The molecule has 1 heteroatoms. The summed E-state index contributed by atoms with van der Waals surface area (Å²) in [5.74, 6) is 1.52. The normalized spacial score (nSPS) is 14.8. The van der Waals surface area contributed by atoms with Crippen molar-refractivity contribution in [3.05, 3.63) is 182 Å². The summed E-state index contributed by atoms with van der Waals surface area (Å²) >= 11 is 0. The van der Waals surface area contributed by atoms with Crippen molar-refractivity contribution in [2.45, 2.75) is 0 Å². The van der Waals surface area contributed by atoms with Crippen molar-refractivity contribution in [2.24, 2.45) is 0 Å². The zero-order valence-electron chi connectivity index (χ0n) is 37.0. The summed E-state index contributed by atoms with van der Waals surface area (Å²) < 4.78 is 94.1. The van der Waals surface area contributed by atoms with Crippen LogP contribution >= 0.6 is 0 Å². The number of ether oxygens (including phenoxy) is 1. The van der Waals surface area contributed by atoms with Crippen molar-refractivity contribution >= 4 is 53.9 Å². The van der Waals surface area contributed by atoms with Crippen molar-refractivity contribution in [1.29, 1.82) is 0 Å². The molecule has 0 saturated heterocycles.